The second-order valence-corrected chi connectivity index (χ2v) is 5.58. The molecule has 100 valence electrons. The molecule has 1 rings (SSSR count). The maximum absolute atomic E-state index is 11.4. The molecular formula is C11H16N2O4S. The number of aliphatic carboxylic acids is 1. The van der Waals surface area contributed by atoms with Crippen LogP contribution in [-0.2, 0) is 19.7 Å². The molecule has 0 radical (unpaired) electrons. The Kier molecular flexibility index (Phi) is 4.80. The number of carbonyl (C=O) groups excluding carboxylic acids is 1. The molecule has 0 saturated heterocycles. The first-order valence-electron chi connectivity index (χ1n) is 5.34. The SMILES string of the molecule is CC(C)(C)c1csc(NC(=O)COCC(=O)O)n1. The van der Waals surface area contributed by atoms with E-state index in [1.165, 1.54) is 11.3 Å². The van der Waals surface area contributed by atoms with Crippen molar-refractivity contribution < 1.29 is 19.4 Å². The van der Waals surface area contributed by atoms with Gasteiger partial charge in [0.1, 0.15) is 13.2 Å². The van der Waals surface area contributed by atoms with Crippen molar-refractivity contribution in [3.8, 4) is 0 Å². The van der Waals surface area contributed by atoms with Gasteiger partial charge >= 0.3 is 5.97 Å². The first-order valence-corrected chi connectivity index (χ1v) is 6.22. The first kappa shape index (κ1) is 14.6. The Hall–Kier alpha value is -1.47. The molecule has 0 aliphatic carbocycles. The Labute approximate surface area is 109 Å². The van der Waals surface area contributed by atoms with Gasteiger partial charge in [-0.25, -0.2) is 9.78 Å². The van der Waals surface area contributed by atoms with E-state index >= 15 is 0 Å². The van der Waals surface area contributed by atoms with Gasteiger partial charge in [-0.15, -0.1) is 11.3 Å². The molecule has 1 aromatic heterocycles. The molecule has 0 fully saturated rings. The summed E-state index contributed by atoms with van der Waals surface area (Å²) in [6.45, 7) is 5.31. The van der Waals surface area contributed by atoms with Crippen molar-refractivity contribution in [2.75, 3.05) is 18.5 Å². The van der Waals surface area contributed by atoms with Crippen molar-refractivity contribution in [2.24, 2.45) is 0 Å². The Bertz CT molecular complexity index is 436. The highest BCUT2D eigenvalue weighted by Gasteiger charge is 2.18. The van der Waals surface area contributed by atoms with Crippen LogP contribution in [0.3, 0.4) is 0 Å². The van der Waals surface area contributed by atoms with Gasteiger partial charge in [-0.3, -0.25) is 10.1 Å². The van der Waals surface area contributed by atoms with E-state index in [9.17, 15) is 9.59 Å². The second kappa shape index (κ2) is 5.92. The molecule has 0 unspecified atom stereocenters. The summed E-state index contributed by atoms with van der Waals surface area (Å²) >= 11 is 1.33. The van der Waals surface area contributed by atoms with Crippen LogP contribution in [0, 0.1) is 0 Å². The predicted molar refractivity (Wildman–Crippen MR) is 67.9 cm³/mol. The zero-order valence-electron chi connectivity index (χ0n) is 10.5. The molecule has 6 nitrogen and oxygen atoms in total. The maximum Gasteiger partial charge on any atom is 0.329 e. The number of carboxylic acids is 1. The minimum Gasteiger partial charge on any atom is -0.480 e. The van der Waals surface area contributed by atoms with Crippen molar-refractivity contribution in [1.29, 1.82) is 0 Å². The number of nitrogens with one attached hydrogen (secondary N) is 1. The number of thiazole rings is 1. The molecule has 1 heterocycles. The summed E-state index contributed by atoms with van der Waals surface area (Å²) in [5, 5.41) is 13.3. The quantitative estimate of drug-likeness (QED) is 0.847. The molecule has 0 aliphatic rings. The fourth-order valence-corrected chi connectivity index (χ4v) is 2.02. The lowest BCUT2D eigenvalue weighted by Crippen LogP contribution is -2.21. The van der Waals surface area contributed by atoms with Crippen molar-refractivity contribution in [1.82, 2.24) is 4.98 Å². The molecule has 1 amide bonds. The van der Waals surface area contributed by atoms with Gasteiger partial charge in [0.15, 0.2) is 5.13 Å². The van der Waals surface area contributed by atoms with E-state index in [0.29, 0.717) is 5.13 Å². The van der Waals surface area contributed by atoms with Crippen molar-refractivity contribution in [2.45, 2.75) is 26.2 Å². The fraction of sp³-hybridized carbons (Fsp3) is 0.545. The maximum atomic E-state index is 11.4. The molecule has 2 N–H and O–H groups in total. The molecule has 0 aromatic carbocycles. The molecular weight excluding hydrogens is 256 g/mol. The third kappa shape index (κ3) is 4.80. The van der Waals surface area contributed by atoms with E-state index in [4.69, 9.17) is 5.11 Å². The van der Waals surface area contributed by atoms with E-state index in [-0.39, 0.29) is 12.0 Å². The molecule has 0 saturated carbocycles. The molecule has 18 heavy (non-hydrogen) atoms. The summed E-state index contributed by atoms with van der Waals surface area (Å²) in [5.74, 6) is -1.52. The van der Waals surface area contributed by atoms with Gasteiger partial charge in [0.2, 0.25) is 0 Å². The number of hydrogen-bond acceptors (Lipinski definition) is 5. The van der Waals surface area contributed by atoms with Crippen LogP contribution in [0.25, 0.3) is 0 Å². The summed E-state index contributed by atoms with van der Waals surface area (Å²) in [6, 6.07) is 0. The van der Waals surface area contributed by atoms with Crippen LogP contribution in [0.5, 0.6) is 0 Å². The Morgan fingerprint density at radius 3 is 2.61 bits per heavy atom. The summed E-state index contributed by atoms with van der Waals surface area (Å²) in [6.07, 6.45) is 0. The lowest BCUT2D eigenvalue weighted by molar-refractivity contribution is -0.143. The Morgan fingerprint density at radius 1 is 1.44 bits per heavy atom. The molecule has 0 aliphatic heterocycles. The first-order chi connectivity index (χ1) is 8.29. The number of aromatic nitrogens is 1. The lowest BCUT2D eigenvalue weighted by Gasteiger charge is -2.14. The van der Waals surface area contributed by atoms with E-state index < -0.39 is 18.5 Å². The lowest BCUT2D eigenvalue weighted by atomic mass is 9.93. The molecule has 0 bridgehead atoms. The van der Waals surface area contributed by atoms with Crippen LogP contribution in [0.1, 0.15) is 26.5 Å². The van der Waals surface area contributed by atoms with E-state index in [0.717, 1.165) is 5.69 Å². The average molecular weight is 272 g/mol. The highest BCUT2D eigenvalue weighted by molar-refractivity contribution is 7.13. The number of anilines is 1. The van der Waals surface area contributed by atoms with Crippen LogP contribution >= 0.6 is 11.3 Å². The zero-order valence-corrected chi connectivity index (χ0v) is 11.3. The van der Waals surface area contributed by atoms with Gasteiger partial charge in [0, 0.05) is 10.8 Å². The van der Waals surface area contributed by atoms with Crippen molar-refractivity contribution >= 4 is 28.3 Å². The van der Waals surface area contributed by atoms with E-state index in [2.05, 4.69) is 15.0 Å². The van der Waals surface area contributed by atoms with Gasteiger partial charge in [0.05, 0.1) is 5.69 Å². The number of hydrogen-bond donors (Lipinski definition) is 2. The number of carboxylic acid groups (broad SMARTS) is 1. The molecule has 0 atom stereocenters. The summed E-state index contributed by atoms with van der Waals surface area (Å²) in [4.78, 5) is 25.9. The monoisotopic (exact) mass is 272 g/mol. The van der Waals surface area contributed by atoms with Gasteiger partial charge in [-0.1, -0.05) is 20.8 Å². The normalized spacial score (nSPS) is 11.3. The third-order valence-corrected chi connectivity index (χ3v) is 2.74. The summed E-state index contributed by atoms with van der Waals surface area (Å²) < 4.78 is 4.67. The predicted octanol–water partition coefficient (Wildman–Crippen LogP) is 1.48. The van der Waals surface area contributed by atoms with Gasteiger partial charge in [-0.05, 0) is 0 Å². The number of ether oxygens (including phenoxy) is 1. The number of carbonyl (C=O) groups is 2. The number of nitrogens with zero attached hydrogens (tertiary/aromatic N) is 1. The number of rotatable bonds is 5. The number of amides is 1. The second-order valence-electron chi connectivity index (χ2n) is 4.72. The molecule has 0 spiro atoms. The van der Waals surface area contributed by atoms with Crippen molar-refractivity contribution in [3.63, 3.8) is 0 Å². The highest BCUT2D eigenvalue weighted by Crippen LogP contribution is 2.26. The minimum atomic E-state index is -1.10. The van der Waals surface area contributed by atoms with Crippen LogP contribution in [-0.4, -0.2) is 35.2 Å². The average Bonchev–Trinajstić information content (AvgIpc) is 2.64. The van der Waals surface area contributed by atoms with E-state index in [1.807, 2.05) is 26.2 Å². The smallest absolute Gasteiger partial charge is 0.329 e. The van der Waals surface area contributed by atoms with Crippen LogP contribution in [0.15, 0.2) is 5.38 Å². The van der Waals surface area contributed by atoms with Gasteiger partial charge < -0.3 is 9.84 Å². The third-order valence-electron chi connectivity index (χ3n) is 1.98. The van der Waals surface area contributed by atoms with Gasteiger partial charge in [0.25, 0.3) is 5.91 Å². The Balaban J connectivity index is 2.45. The standard InChI is InChI=1S/C11H16N2O4S/c1-11(2,3)7-6-18-10(12-7)13-8(14)4-17-5-9(15)16/h6H,4-5H2,1-3H3,(H,15,16)(H,12,13,14). The largest absolute Gasteiger partial charge is 0.480 e. The Morgan fingerprint density at radius 2 is 2.11 bits per heavy atom. The summed E-state index contributed by atoms with van der Waals surface area (Å²) in [5.41, 5.74) is 0.827. The molecule has 1 aromatic rings. The van der Waals surface area contributed by atoms with Crippen LogP contribution < -0.4 is 5.32 Å². The van der Waals surface area contributed by atoms with Gasteiger partial charge in [-0.2, -0.15) is 0 Å². The topological polar surface area (TPSA) is 88.5 Å². The zero-order chi connectivity index (χ0) is 13.8. The fourth-order valence-electron chi connectivity index (χ4n) is 1.06. The van der Waals surface area contributed by atoms with Crippen molar-refractivity contribution in [3.05, 3.63) is 11.1 Å². The molecule has 7 heteroatoms. The van der Waals surface area contributed by atoms with Crippen LogP contribution in [0.2, 0.25) is 0 Å². The highest BCUT2D eigenvalue weighted by atomic mass is 32.1. The minimum absolute atomic E-state index is 0.0702. The van der Waals surface area contributed by atoms with E-state index in [1.54, 1.807) is 0 Å². The summed E-state index contributed by atoms with van der Waals surface area (Å²) in [7, 11) is 0. The van der Waals surface area contributed by atoms with Crippen LogP contribution in [0.4, 0.5) is 5.13 Å².